The van der Waals surface area contributed by atoms with Crippen LogP contribution >= 0.6 is 0 Å². The molecule has 0 radical (unpaired) electrons. The van der Waals surface area contributed by atoms with Gasteiger partial charge in [0.1, 0.15) is 12.6 Å². The number of ether oxygens (including phenoxy) is 1. The number of hydrogen-bond donors (Lipinski definition) is 3. The lowest BCUT2D eigenvalue weighted by Gasteiger charge is -2.25. The second-order valence-electron chi connectivity index (χ2n) is 9.53. The zero-order valence-corrected chi connectivity index (χ0v) is 20.1. The van der Waals surface area contributed by atoms with Crippen LogP contribution in [0.3, 0.4) is 0 Å². The number of carboxylic acids is 1. The first-order valence-electron chi connectivity index (χ1n) is 11.8. The van der Waals surface area contributed by atoms with E-state index in [4.69, 9.17) is 9.84 Å². The van der Waals surface area contributed by atoms with Gasteiger partial charge in [0.2, 0.25) is 5.91 Å². The van der Waals surface area contributed by atoms with E-state index in [1.807, 2.05) is 38.1 Å². The monoisotopic (exact) mass is 466 g/mol. The Morgan fingerprint density at radius 2 is 1.59 bits per heavy atom. The van der Waals surface area contributed by atoms with Crippen LogP contribution in [0.4, 0.5) is 4.79 Å². The highest BCUT2D eigenvalue weighted by Gasteiger charge is 2.29. The number of carbonyl (C=O) groups is 3. The zero-order chi connectivity index (χ0) is 24.7. The summed E-state index contributed by atoms with van der Waals surface area (Å²) in [4.78, 5) is 35.5. The average molecular weight is 467 g/mol. The predicted octanol–water partition coefficient (Wildman–Crippen LogP) is 4.70. The summed E-state index contributed by atoms with van der Waals surface area (Å²) in [6.07, 6.45) is 1.38. The summed E-state index contributed by atoms with van der Waals surface area (Å²) in [5.74, 6) is -1.28. The number of rotatable bonds is 11. The maximum Gasteiger partial charge on any atom is 0.407 e. The summed E-state index contributed by atoms with van der Waals surface area (Å²) in [7, 11) is 0. The molecule has 0 bridgehead atoms. The summed E-state index contributed by atoms with van der Waals surface area (Å²) < 4.78 is 5.56. The standard InChI is InChI=1S/C27H34N2O5/c1-4-23(25(31)32)29-24(30)13-14-27(2,3)15-16-28-26(33)34-17-22-20-11-7-5-9-18(20)19-10-6-8-12-21(19)22/h5-12,22-23H,4,13-17H2,1-3H3,(H,28,33)(H,29,30)(H,31,32). The van der Waals surface area contributed by atoms with E-state index < -0.39 is 18.1 Å². The van der Waals surface area contributed by atoms with Crippen molar-refractivity contribution in [2.45, 2.75) is 58.4 Å². The average Bonchev–Trinajstić information content (AvgIpc) is 3.13. The van der Waals surface area contributed by atoms with E-state index in [-0.39, 0.29) is 30.3 Å². The van der Waals surface area contributed by atoms with E-state index in [0.29, 0.717) is 25.8 Å². The molecule has 182 valence electrons. The van der Waals surface area contributed by atoms with Crippen LogP contribution in [0.2, 0.25) is 0 Å². The molecule has 1 aliphatic rings. The fraction of sp³-hybridized carbons (Fsp3) is 0.444. The second kappa shape index (κ2) is 11.2. The fourth-order valence-corrected chi connectivity index (χ4v) is 4.33. The lowest BCUT2D eigenvalue weighted by Crippen LogP contribution is -2.40. The van der Waals surface area contributed by atoms with Gasteiger partial charge in [0.05, 0.1) is 0 Å². The molecule has 0 saturated heterocycles. The highest BCUT2D eigenvalue weighted by molar-refractivity contribution is 5.83. The van der Waals surface area contributed by atoms with Gasteiger partial charge in [-0.2, -0.15) is 0 Å². The first-order valence-corrected chi connectivity index (χ1v) is 11.8. The minimum absolute atomic E-state index is 0.0193. The van der Waals surface area contributed by atoms with Gasteiger partial charge in [0, 0.05) is 18.9 Å². The van der Waals surface area contributed by atoms with Gasteiger partial charge in [-0.1, -0.05) is 69.3 Å². The number of hydrogen-bond acceptors (Lipinski definition) is 4. The third-order valence-corrected chi connectivity index (χ3v) is 6.49. The van der Waals surface area contributed by atoms with Gasteiger partial charge >= 0.3 is 12.1 Å². The SMILES string of the molecule is CCC(NC(=O)CCC(C)(C)CCNC(=O)OCC1c2ccccc2-c2ccccc21)C(=O)O. The van der Waals surface area contributed by atoms with Crippen LogP contribution < -0.4 is 10.6 Å². The van der Waals surface area contributed by atoms with Crippen LogP contribution in [0, 0.1) is 5.41 Å². The summed E-state index contributed by atoms with van der Waals surface area (Å²) in [5, 5.41) is 14.4. The summed E-state index contributed by atoms with van der Waals surface area (Å²) in [6, 6.07) is 15.6. The molecule has 7 nitrogen and oxygen atoms in total. The molecule has 3 rings (SSSR count). The molecule has 1 aliphatic carbocycles. The third kappa shape index (κ3) is 6.37. The largest absolute Gasteiger partial charge is 0.480 e. The number of nitrogens with one attached hydrogen (secondary N) is 2. The summed E-state index contributed by atoms with van der Waals surface area (Å²) in [6.45, 7) is 6.46. The number of aliphatic carboxylic acids is 1. The van der Waals surface area contributed by atoms with Gasteiger partial charge in [-0.05, 0) is 46.9 Å². The molecule has 0 saturated carbocycles. The molecule has 0 aliphatic heterocycles. The number of benzene rings is 2. The van der Waals surface area contributed by atoms with Gasteiger partial charge in [0.15, 0.2) is 0 Å². The van der Waals surface area contributed by atoms with E-state index in [1.165, 1.54) is 22.3 Å². The molecule has 3 N–H and O–H groups in total. The van der Waals surface area contributed by atoms with E-state index in [2.05, 4.69) is 34.9 Å². The highest BCUT2D eigenvalue weighted by atomic mass is 16.5. The normalized spacial score (nSPS) is 13.5. The Balaban J connectivity index is 1.42. The van der Waals surface area contributed by atoms with Crippen molar-refractivity contribution in [2.24, 2.45) is 5.41 Å². The Hall–Kier alpha value is -3.35. The molecule has 1 unspecified atom stereocenters. The van der Waals surface area contributed by atoms with Crippen LogP contribution in [0.1, 0.15) is 63.5 Å². The molecule has 1 atom stereocenters. The number of fused-ring (bicyclic) bond motifs is 3. The van der Waals surface area contributed by atoms with Crippen LogP contribution in [0.25, 0.3) is 11.1 Å². The Kier molecular flexibility index (Phi) is 8.31. The predicted molar refractivity (Wildman–Crippen MR) is 131 cm³/mol. The summed E-state index contributed by atoms with van der Waals surface area (Å²) >= 11 is 0. The van der Waals surface area contributed by atoms with E-state index >= 15 is 0 Å². The van der Waals surface area contributed by atoms with Gasteiger partial charge in [0.25, 0.3) is 0 Å². The molecule has 2 amide bonds. The van der Waals surface area contributed by atoms with Crippen molar-refractivity contribution in [3.05, 3.63) is 59.7 Å². The number of carboxylic acid groups (broad SMARTS) is 1. The fourth-order valence-electron chi connectivity index (χ4n) is 4.33. The maximum absolute atomic E-state index is 12.3. The van der Waals surface area contributed by atoms with Gasteiger partial charge in [-0.15, -0.1) is 0 Å². The van der Waals surface area contributed by atoms with Crippen molar-refractivity contribution in [2.75, 3.05) is 13.2 Å². The van der Waals surface area contributed by atoms with E-state index in [9.17, 15) is 14.4 Å². The lowest BCUT2D eigenvalue weighted by atomic mass is 9.84. The van der Waals surface area contributed by atoms with Crippen molar-refractivity contribution < 1.29 is 24.2 Å². The maximum atomic E-state index is 12.3. The number of carbonyl (C=O) groups excluding carboxylic acids is 2. The zero-order valence-electron chi connectivity index (χ0n) is 20.1. The van der Waals surface area contributed by atoms with E-state index in [1.54, 1.807) is 6.92 Å². The quantitative estimate of drug-likeness (QED) is 0.445. The highest BCUT2D eigenvalue weighted by Crippen LogP contribution is 2.44. The van der Waals surface area contributed by atoms with Crippen molar-refractivity contribution in [1.82, 2.24) is 10.6 Å². The Labute approximate surface area is 200 Å². The van der Waals surface area contributed by atoms with Gasteiger partial charge < -0.3 is 20.5 Å². The first-order chi connectivity index (χ1) is 16.2. The Bertz CT molecular complexity index is 988. The molecule has 2 aromatic carbocycles. The molecule has 2 aromatic rings. The van der Waals surface area contributed by atoms with E-state index in [0.717, 1.165) is 0 Å². The molecule has 7 heteroatoms. The molecule has 0 fully saturated rings. The Morgan fingerprint density at radius 3 is 2.15 bits per heavy atom. The molecule has 0 spiro atoms. The van der Waals surface area contributed by atoms with Crippen LogP contribution in [0.15, 0.2) is 48.5 Å². The third-order valence-electron chi connectivity index (χ3n) is 6.49. The minimum atomic E-state index is -1.03. The van der Waals surface area contributed by atoms with Crippen LogP contribution in [-0.2, 0) is 14.3 Å². The number of alkyl carbamates (subject to hydrolysis) is 1. The van der Waals surface area contributed by atoms with Crippen LogP contribution in [-0.4, -0.2) is 42.3 Å². The Morgan fingerprint density at radius 1 is 1.00 bits per heavy atom. The molecule has 34 heavy (non-hydrogen) atoms. The molecular formula is C27H34N2O5. The van der Waals surface area contributed by atoms with Crippen molar-refractivity contribution in [3.8, 4) is 11.1 Å². The van der Waals surface area contributed by atoms with Crippen LogP contribution in [0.5, 0.6) is 0 Å². The van der Waals surface area contributed by atoms with Gasteiger partial charge in [-0.3, -0.25) is 4.79 Å². The summed E-state index contributed by atoms with van der Waals surface area (Å²) in [5.41, 5.74) is 4.52. The van der Waals surface area contributed by atoms with Crippen molar-refractivity contribution in [1.29, 1.82) is 0 Å². The lowest BCUT2D eigenvalue weighted by molar-refractivity contribution is -0.142. The molecular weight excluding hydrogens is 432 g/mol. The molecule has 0 heterocycles. The van der Waals surface area contributed by atoms with Crippen molar-refractivity contribution in [3.63, 3.8) is 0 Å². The minimum Gasteiger partial charge on any atom is -0.480 e. The smallest absolute Gasteiger partial charge is 0.407 e. The number of amides is 2. The van der Waals surface area contributed by atoms with Crippen molar-refractivity contribution >= 4 is 18.0 Å². The topological polar surface area (TPSA) is 105 Å². The van der Waals surface area contributed by atoms with Gasteiger partial charge in [-0.25, -0.2) is 9.59 Å². The molecule has 0 aromatic heterocycles. The first kappa shape index (κ1) is 25.3. The second-order valence-corrected chi connectivity index (χ2v) is 9.53.